The third-order valence-electron chi connectivity index (χ3n) is 6.68. The molecule has 3 amide bonds. The van der Waals surface area contributed by atoms with Crippen LogP contribution in [0.2, 0.25) is 0 Å². The normalized spacial score (nSPS) is 20.1. The Morgan fingerprint density at radius 3 is 2.50 bits per heavy atom. The molecule has 0 saturated carbocycles. The molecule has 0 aliphatic carbocycles. The van der Waals surface area contributed by atoms with Crippen LogP contribution in [0.1, 0.15) is 12.5 Å². The van der Waals surface area contributed by atoms with Gasteiger partial charge in [-0.15, -0.1) is 0 Å². The number of thiocarbonyl (C=S) groups is 1. The molecular weight excluding hydrogens is 557 g/mol. The molecule has 3 heterocycles. The highest BCUT2D eigenvalue weighted by atomic mass is 32.2. The van der Waals surface area contributed by atoms with E-state index in [0.717, 1.165) is 11.3 Å². The Bertz CT molecular complexity index is 1350. The monoisotopic (exact) mass is 585 g/mol. The lowest BCUT2D eigenvalue weighted by molar-refractivity contribution is -0.115. The zero-order valence-corrected chi connectivity index (χ0v) is 23.4. The first-order valence-electron chi connectivity index (χ1n) is 12.8. The molecule has 0 bridgehead atoms. The van der Waals surface area contributed by atoms with Crippen molar-refractivity contribution in [2.75, 3.05) is 60.6 Å². The highest BCUT2D eigenvalue weighted by Gasteiger charge is 2.33. The first-order chi connectivity index (χ1) is 19.3. The van der Waals surface area contributed by atoms with Crippen LogP contribution in [0.5, 0.6) is 0 Å². The molecule has 3 aliphatic rings. The van der Waals surface area contributed by atoms with E-state index in [1.54, 1.807) is 19.1 Å². The van der Waals surface area contributed by atoms with Gasteiger partial charge in [-0.05, 0) is 48.9 Å². The van der Waals surface area contributed by atoms with Gasteiger partial charge in [-0.2, -0.15) is 0 Å². The summed E-state index contributed by atoms with van der Waals surface area (Å²) in [6.07, 6.45) is 0.0854. The maximum atomic E-state index is 15.2. The fourth-order valence-corrected chi connectivity index (χ4v) is 5.74. The second-order valence-corrected chi connectivity index (χ2v) is 11.0. The van der Waals surface area contributed by atoms with Crippen molar-refractivity contribution in [1.29, 1.82) is 0 Å². The maximum Gasteiger partial charge on any atom is 0.414 e. The quantitative estimate of drug-likeness (QED) is 0.372. The zero-order valence-electron chi connectivity index (χ0n) is 21.7. The zero-order chi connectivity index (χ0) is 28.2. The number of amides is 3. The van der Waals surface area contributed by atoms with E-state index in [2.05, 4.69) is 15.5 Å². The number of benzene rings is 2. The maximum absolute atomic E-state index is 15.2. The molecule has 10 nitrogen and oxygen atoms in total. The van der Waals surface area contributed by atoms with E-state index in [0.29, 0.717) is 46.8 Å². The van der Waals surface area contributed by atoms with E-state index < -0.39 is 24.1 Å². The molecule has 0 aromatic heterocycles. The van der Waals surface area contributed by atoms with Gasteiger partial charge in [0.15, 0.2) is 0 Å². The summed E-state index contributed by atoms with van der Waals surface area (Å²) in [5, 5.41) is 5.16. The number of hydrogen-bond acceptors (Lipinski definition) is 9. The lowest BCUT2D eigenvalue weighted by atomic mass is 10.1. The number of thioether (sulfide) groups is 1. The Morgan fingerprint density at radius 2 is 1.85 bits per heavy atom. The number of carbonyl (C=O) groups excluding carboxylic acids is 3. The molecule has 210 valence electrons. The number of anilines is 3. The van der Waals surface area contributed by atoms with E-state index in [1.165, 1.54) is 22.7 Å². The summed E-state index contributed by atoms with van der Waals surface area (Å²) in [4.78, 5) is 41.9. The van der Waals surface area contributed by atoms with Crippen molar-refractivity contribution in [1.82, 2.24) is 10.6 Å². The average Bonchev–Trinajstić information content (AvgIpc) is 3.48. The molecule has 0 spiro atoms. The number of cyclic esters (lactones) is 1. The fraction of sp³-hybridized carbons (Fsp3) is 0.333. The fourth-order valence-electron chi connectivity index (χ4n) is 4.70. The SMILES string of the molecule is CCOC(=O)NC[C@H]1CN(c2ccc(N3CCN(c4ccc(C=C5SC(=S)NC5=O)cc4)CC3)c(F)c2)C(=O)O1. The molecule has 2 aromatic rings. The van der Waals surface area contributed by atoms with Gasteiger partial charge >= 0.3 is 12.2 Å². The highest BCUT2D eigenvalue weighted by molar-refractivity contribution is 8.26. The van der Waals surface area contributed by atoms with Gasteiger partial charge in [-0.25, -0.2) is 14.0 Å². The van der Waals surface area contributed by atoms with Crippen molar-refractivity contribution in [3.63, 3.8) is 0 Å². The van der Waals surface area contributed by atoms with Crippen LogP contribution in [0.15, 0.2) is 47.4 Å². The largest absolute Gasteiger partial charge is 0.450 e. The van der Waals surface area contributed by atoms with Crippen molar-refractivity contribution in [2.45, 2.75) is 13.0 Å². The number of nitrogens with zero attached hydrogens (tertiary/aromatic N) is 3. The number of carbonyl (C=O) groups is 3. The van der Waals surface area contributed by atoms with Gasteiger partial charge in [-0.3, -0.25) is 9.69 Å². The molecular formula is C27H28FN5O5S2. The van der Waals surface area contributed by atoms with Gasteiger partial charge in [0.2, 0.25) is 0 Å². The summed E-state index contributed by atoms with van der Waals surface area (Å²) < 4.78 is 25.8. The van der Waals surface area contributed by atoms with E-state index in [1.807, 2.05) is 35.2 Å². The van der Waals surface area contributed by atoms with Crippen LogP contribution < -0.4 is 25.3 Å². The molecule has 1 atom stereocenters. The highest BCUT2D eigenvalue weighted by Crippen LogP contribution is 2.30. The first kappa shape index (κ1) is 27.7. The summed E-state index contributed by atoms with van der Waals surface area (Å²) >= 11 is 6.29. The van der Waals surface area contributed by atoms with Crippen LogP contribution in [0.4, 0.5) is 31.0 Å². The standard InChI is InChI=1S/C27H28FN5O5S2/c1-2-37-25(35)29-15-20-16-33(27(36)38-20)19-7-8-22(21(28)14-19)32-11-9-31(10-12-32)18-5-3-17(4-6-18)13-23-24(34)30-26(39)40-23/h3-8,13-14,20H,2,9-12,15-16H2,1H3,(H,29,35)(H,30,34,39)/t20-/m0/s1. The Labute approximate surface area is 240 Å². The summed E-state index contributed by atoms with van der Waals surface area (Å²) in [5.41, 5.74) is 2.84. The Kier molecular flexibility index (Phi) is 8.40. The van der Waals surface area contributed by atoms with Crippen molar-refractivity contribution in [3.8, 4) is 0 Å². The predicted octanol–water partition coefficient (Wildman–Crippen LogP) is 3.71. The molecule has 40 heavy (non-hydrogen) atoms. The van der Waals surface area contributed by atoms with Crippen molar-refractivity contribution < 1.29 is 28.2 Å². The van der Waals surface area contributed by atoms with Crippen molar-refractivity contribution in [2.24, 2.45) is 0 Å². The van der Waals surface area contributed by atoms with Crippen LogP contribution in [-0.4, -0.2) is 74.4 Å². The van der Waals surface area contributed by atoms with E-state index >= 15 is 4.39 Å². The lowest BCUT2D eigenvalue weighted by Gasteiger charge is -2.37. The molecule has 3 fully saturated rings. The second-order valence-electron chi connectivity index (χ2n) is 9.27. The Morgan fingerprint density at radius 1 is 1.15 bits per heavy atom. The van der Waals surface area contributed by atoms with Gasteiger partial charge in [0, 0.05) is 31.9 Å². The Hall–Kier alpha value is -3.84. The van der Waals surface area contributed by atoms with Crippen LogP contribution in [0.3, 0.4) is 0 Å². The average molecular weight is 586 g/mol. The molecule has 5 rings (SSSR count). The summed E-state index contributed by atoms with van der Waals surface area (Å²) in [5.74, 6) is -0.596. The van der Waals surface area contributed by atoms with Crippen LogP contribution in [-0.2, 0) is 14.3 Å². The minimum Gasteiger partial charge on any atom is -0.450 e. The number of ether oxygens (including phenoxy) is 2. The number of piperazine rings is 1. The summed E-state index contributed by atoms with van der Waals surface area (Å²) in [6, 6.07) is 12.7. The van der Waals surface area contributed by atoms with Gasteiger partial charge in [-0.1, -0.05) is 36.1 Å². The first-order valence-corrected chi connectivity index (χ1v) is 14.1. The molecule has 3 aliphatic heterocycles. The third-order valence-corrected chi connectivity index (χ3v) is 7.85. The number of nitrogens with one attached hydrogen (secondary N) is 2. The third kappa shape index (κ3) is 6.31. The van der Waals surface area contributed by atoms with Crippen LogP contribution in [0, 0.1) is 5.82 Å². The number of rotatable bonds is 7. The lowest BCUT2D eigenvalue weighted by Crippen LogP contribution is -2.46. The topological polar surface area (TPSA) is 103 Å². The van der Waals surface area contributed by atoms with E-state index in [-0.39, 0.29) is 25.6 Å². The minimum absolute atomic E-state index is 0.108. The molecule has 3 saturated heterocycles. The van der Waals surface area contributed by atoms with Gasteiger partial charge < -0.3 is 29.9 Å². The minimum atomic E-state index is -0.590. The summed E-state index contributed by atoms with van der Waals surface area (Å²) in [7, 11) is 0. The van der Waals surface area contributed by atoms with Gasteiger partial charge in [0.25, 0.3) is 5.91 Å². The number of alkyl carbamates (subject to hydrolysis) is 1. The molecule has 0 radical (unpaired) electrons. The smallest absolute Gasteiger partial charge is 0.414 e. The van der Waals surface area contributed by atoms with Gasteiger partial charge in [0.05, 0.1) is 36.0 Å². The van der Waals surface area contributed by atoms with Crippen LogP contribution >= 0.6 is 24.0 Å². The molecule has 13 heteroatoms. The Balaban J connectivity index is 1.15. The van der Waals surface area contributed by atoms with Crippen molar-refractivity contribution >= 4 is 69.5 Å². The van der Waals surface area contributed by atoms with E-state index in [4.69, 9.17) is 21.7 Å². The predicted molar refractivity (Wildman–Crippen MR) is 156 cm³/mol. The van der Waals surface area contributed by atoms with E-state index in [9.17, 15) is 14.4 Å². The second kappa shape index (κ2) is 12.1. The molecule has 2 N–H and O–H groups in total. The number of hydrogen-bond donors (Lipinski definition) is 2. The van der Waals surface area contributed by atoms with Crippen molar-refractivity contribution in [3.05, 3.63) is 58.8 Å². The van der Waals surface area contributed by atoms with Gasteiger partial charge in [0.1, 0.15) is 16.2 Å². The molecule has 0 unspecified atom stereocenters. The molecule has 2 aromatic carbocycles. The van der Waals surface area contributed by atoms with Crippen LogP contribution in [0.25, 0.3) is 6.08 Å². The number of halogens is 1. The summed E-state index contributed by atoms with van der Waals surface area (Å²) in [6.45, 7) is 4.92.